The molecule has 1 saturated heterocycles. The number of carbonyl (C=O) groups is 2. The fourth-order valence-corrected chi connectivity index (χ4v) is 2.56. The number of amides is 3. The van der Waals surface area contributed by atoms with Crippen molar-refractivity contribution in [1.29, 1.82) is 0 Å². The molecule has 1 atom stereocenters. The average Bonchev–Trinajstić information content (AvgIpc) is 2.83. The average molecular weight is 315 g/mol. The SMILES string of the molecule is O=C1NC(=O)C(c2ccc(F)cc2)(c2ccc([N+](=O)[O-])cc2)N1. The van der Waals surface area contributed by atoms with E-state index in [1.165, 1.54) is 48.5 Å². The topological polar surface area (TPSA) is 101 Å². The molecule has 0 radical (unpaired) electrons. The molecule has 1 aliphatic heterocycles. The van der Waals surface area contributed by atoms with E-state index in [-0.39, 0.29) is 5.69 Å². The summed E-state index contributed by atoms with van der Waals surface area (Å²) in [5, 5.41) is 15.4. The Morgan fingerprint density at radius 1 is 0.957 bits per heavy atom. The van der Waals surface area contributed by atoms with Gasteiger partial charge in [0.1, 0.15) is 5.82 Å². The molecule has 0 spiro atoms. The number of halogens is 1. The lowest BCUT2D eigenvalue weighted by atomic mass is 9.83. The lowest BCUT2D eigenvalue weighted by molar-refractivity contribution is -0.384. The molecule has 23 heavy (non-hydrogen) atoms. The van der Waals surface area contributed by atoms with Crippen molar-refractivity contribution in [2.45, 2.75) is 5.54 Å². The molecule has 0 bridgehead atoms. The van der Waals surface area contributed by atoms with Crippen LogP contribution in [-0.2, 0) is 10.3 Å². The zero-order chi connectivity index (χ0) is 16.6. The number of nitrogens with one attached hydrogen (secondary N) is 2. The second-order valence-electron chi connectivity index (χ2n) is 4.97. The number of nitro groups is 1. The second-order valence-corrected chi connectivity index (χ2v) is 4.97. The highest BCUT2D eigenvalue weighted by molar-refractivity contribution is 6.09. The van der Waals surface area contributed by atoms with E-state index >= 15 is 0 Å². The minimum Gasteiger partial charge on any atom is -0.316 e. The van der Waals surface area contributed by atoms with Crippen molar-refractivity contribution >= 4 is 17.6 Å². The van der Waals surface area contributed by atoms with Crippen LogP contribution in [0, 0.1) is 15.9 Å². The van der Waals surface area contributed by atoms with E-state index in [1.807, 2.05) is 0 Å². The van der Waals surface area contributed by atoms with Gasteiger partial charge in [-0.1, -0.05) is 12.1 Å². The molecule has 7 nitrogen and oxygen atoms in total. The molecule has 1 aliphatic rings. The van der Waals surface area contributed by atoms with Gasteiger partial charge in [0.25, 0.3) is 11.6 Å². The molecule has 2 aromatic carbocycles. The molecule has 3 rings (SSSR count). The lowest BCUT2D eigenvalue weighted by Crippen LogP contribution is -2.44. The minimum absolute atomic E-state index is 0.146. The Bertz CT molecular complexity index is 804. The molecular weight excluding hydrogens is 305 g/mol. The Labute approximate surface area is 129 Å². The van der Waals surface area contributed by atoms with Gasteiger partial charge < -0.3 is 5.32 Å². The van der Waals surface area contributed by atoms with Gasteiger partial charge >= 0.3 is 6.03 Å². The number of non-ortho nitro benzene ring substituents is 1. The molecule has 0 aliphatic carbocycles. The maximum absolute atomic E-state index is 13.2. The molecule has 8 heteroatoms. The van der Waals surface area contributed by atoms with E-state index in [9.17, 15) is 24.1 Å². The van der Waals surface area contributed by atoms with Crippen LogP contribution in [0.2, 0.25) is 0 Å². The molecule has 0 aromatic heterocycles. The van der Waals surface area contributed by atoms with Crippen LogP contribution in [0.15, 0.2) is 48.5 Å². The van der Waals surface area contributed by atoms with Crippen molar-refractivity contribution in [3.05, 3.63) is 75.6 Å². The Morgan fingerprint density at radius 2 is 1.48 bits per heavy atom. The number of carbonyl (C=O) groups excluding carboxylic acids is 2. The minimum atomic E-state index is -1.56. The van der Waals surface area contributed by atoms with E-state index in [0.29, 0.717) is 11.1 Å². The maximum Gasteiger partial charge on any atom is 0.322 e. The molecule has 116 valence electrons. The molecule has 1 unspecified atom stereocenters. The van der Waals surface area contributed by atoms with Gasteiger partial charge in [-0.2, -0.15) is 0 Å². The van der Waals surface area contributed by atoms with Crippen molar-refractivity contribution in [1.82, 2.24) is 10.6 Å². The van der Waals surface area contributed by atoms with Gasteiger partial charge in [-0.15, -0.1) is 0 Å². The largest absolute Gasteiger partial charge is 0.322 e. The van der Waals surface area contributed by atoms with E-state index in [0.717, 1.165) is 0 Å². The monoisotopic (exact) mass is 315 g/mol. The summed E-state index contributed by atoms with van der Waals surface area (Å²) in [6.07, 6.45) is 0. The predicted octanol–water partition coefficient (Wildman–Crippen LogP) is 1.82. The number of hydrogen-bond acceptors (Lipinski definition) is 4. The van der Waals surface area contributed by atoms with Crippen LogP contribution in [-0.4, -0.2) is 16.9 Å². The number of urea groups is 1. The molecule has 2 N–H and O–H groups in total. The number of hydrogen-bond donors (Lipinski definition) is 2. The summed E-state index contributed by atoms with van der Waals surface area (Å²) in [4.78, 5) is 34.2. The van der Waals surface area contributed by atoms with Crippen LogP contribution in [0.1, 0.15) is 11.1 Å². The second kappa shape index (κ2) is 5.16. The van der Waals surface area contributed by atoms with Gasteiger partial charge in [0, 0.05) is 12.1 Å². The summed E-state index contributed by atoms with van der Waals surface area (Å²) in [5.41, 5.74) is -1.03. The van der Waals surface area contributed by atoms with Gasteiger partial charge in [-0.05, 0) is 35.4 Å². The van der Waals surface area contributed by atoms with Crippen molar-refractivity contribution in [2.24, 2.45) is 0 Å². The Hall–Kier alpha value is -3.29. The quantitative estimate of drug-likeness (QED) is 0.512. The predicted molar refractivity (Wildman–Crippen MR) is 77.0 cm³/mol. The number of imide groups is 1. The molecular formula is C15H10FN3O4. The first-order chi connectivity index (χ1) is 10.9. The summed E-state index contributed by atoms with van der Waals surface area (Å²) in [5.74, 6) is -1.12. The summed E-state index contributed by atoms with van der Waals surface area (Å²) >= 11 is 0. The highest BCUT2D eigenvalue weighted by Gasteiger charge is 2.49. The molecule has 2 aromatic rings. The van der Waals surface area contributed by atoms with E-state index < -0.39 is 28.2 Å². The third-order valence-corrected chi connectivity index (χ3v) is 3.66. The fourth-order valence-electron chi connectivity index (χ4n) is 2.56. The lowest BCUT2D eigenvalue weighted by Gasteiger charge is -2.27. The maximum atomic E-state index is 13.2. The molecule has 1 fully saturated rings. The summed E-state index contributed by atoms with van der Waals surface area (Å²) < 4.78 is 13.2. The van der Waals surface area contributed by atoms with Crippen LogP contribution in [0.3, 0.4) is 0 Å². The third-order valence-electron chi connectivity index (χ3n) is 3.66. The van der Waals surface area contributed by atoms with Gasteiger partial charge in [-0.25, -0.2) is 9.18 Å². The zero-order valence-corrected chi connectivity index (χ0v) is 11.6. The Kier molecular flexibility index (Phi) is 3.29. The number of rotatable bonds is 3. The number of benzene rings is 2. The smallest absolute Gasteiger partial charge is 0.316 e. The third kappa shape index (κ3) is 2.30. The molecule has 1 heterocycles. The molecule has 0 saturated carbocycles. The summed E-state index contributed by atoms with van der Waals surface area (Å²) in [6.45, 7) is 0. The first-order valence-corrected chi connectivity index (χ1v) is 6.58. The Morgan fingerprint density at radius 3 is 1.91 bits per heavy atom. The van der Waals surface area contributed by atoms with Gasteiger partial charge in [-0.3, -0.25) is 20.2 Å². The van der Waals surface area contributed by atoms with Crippen molar-refractivity contribution < 1.29 is 18.9 Å². The van der Waals surface area contributed by atoms with Crippen LogP contribution < -0.4 is 10.6 Å². The van der Waals surface area contributed by atoms with E-state index in [2.05, 4.69) is 10.6 Å². The van der Waals surface area contributed by atoms with Crippen LogP contribution in [0.25, 0.3) is 0 Å². The molecule has 3 amide bonds. The first-order valence-electron chi connectivity index (χ1n) is 6.58. The summed E-state index contributed by atoms with van der Waals surface area (Å²) in [7, 11) is 0. The highest BCUT2D eigenvalue weighted by Crippen LogP contribution is 2.33. The van der Waals surface area contributed by atoms with Crippen LogP contribution >= 0.6 is 0 Å². The fraction of sp³-hybridized carbons (Fsp3) is 0.0667. The number of nitrogens with zero attached hydrogens (tertiary/aromatic N) is 1. The van der Waals surface area contributed by atoms with Crippen molar-refractivity contribution in [3.63, 3.8) is 0 Å². The Balaban J connectivity index is 2.16. The van der Waals surface area contributed by atoms with Gasteiger partial charge in [0.2, 0.25) is 0 Å². The van der Waals surface area contributed by atoms with Gasteiger partial charge in [0.05, 0.1) is 4.92 Å². The highest BCUT2D eigenvalue weighted by atomic mass is 19.1. The van der Waals surface area contributed by atoms with E-state index in [4.69, 9.17) is 0 Å². The number of nitro benzene ring substituents is 1. The summed E-state index contributed by atoms with van der Waals surface area (Å²) in [6, 6.07) is 9.62. The van der Waals surface area contributed by atoms with Crippen LogP contribution in [0.5, 0.6) is 0 Å². The first kappa shape index (κ1) is 14.6. The van der Waals surface area contributed by atoms with Crippen molar-refractivity contribution in [3.8, 4) is 0 Å². The van der Waals surface area contributed by atoms with Crippen LogP contribution in [0.4, 0.5) is 14.9 Å². The van der Waals surface area contributed by atoms with E-state index in [1.54, 1.807) is 0 Å². The van der Waals surface area contributed by atoms with Gasteiger partial charge in [0.15, 0.2) is 5.54 Å². The van der Waals surface area contributed by atoms with Crippen molar-refractivity contribution in [2.75, 3.05) is 0 Å². The zero-order valence-electron chi connectivity index (χ0n) is 11.6. The normalized spacial score (nSPS) is 20.0. The standard InChI is InChI=1S/C15H10FN3O4/c16-11-5-1-9(2-6-11)15(13(20)17-14(21)18-15)10-3-7-12(8-4-10)19(22)23/h1-8H,(H2,17,18,20,21).